The van der Waals surface area contributed by atoms with E-state index < -0.39 is 0 Å². The van der Waals surface area contributed by atoms with E-state index in [0.29, 0.717) is 23.3 Å². The number of carbonyl (C=O) groups excluding carboxylic acids is 1. The van der Waals surface area contributed by atoms with Gasteiger partial charge in [-0.15, -0.1) is 0 Å². The van der Waals surface area contributed by atoms with Gasteiger partial charge in [0.25, 0.3) is 0 Å². The van der Waals surface area contributed by atoms with Crippen LogP contribution in [0, 0.1) is 0 Å². The van der Waals surface area contributed by atoms with Gasteiger partial charge in [-0.1, -0.05) is 29.4 Å². The molecule has 1 aromatic heterocycles. The molecule has 0 radical (unpaired) electrons. The van der Waals surface area contributed by atoms with Crippen molar-refractivity contribution in [2.45, 2.75) is 25.2 Å². The van der Waals surface area contributed by atoms with Crippen LogP contribution in [-0.2, 0) is 11.2 Å². The largest absolute Gasteiger partial charge is 0.497 e. The first-order chi connectivity index (χ1) is 12.7. The smallest absolute Gasteiger partial charge is 0.230 e. The number of rotatable bonds is 6. The Morgan fingerprint density at radius 3 is 2.88 bits per heavy atom. The third kappa shape index (κ3) is 3.74. The summed E-state index contributed by atoms with van der Waals surface area (Å²) >= 11 is 0. The van der Waals surface area contributed by atoms with Crippen LogP contribution < -0.4 is 10.1 Å². The van der Waals surface area contributed by atoms with Crippen molar-refractivity contribution in [1.29, 1.82) is 0 Å². The summed E-state index contributed by atoms with van der Waals surface area (Å²) in [7, 11) is 1.61. The second kappa shape index (κ2) is 7.00. The van der Waals surface area contributed by atoms with Crippen LogP contribution in [0.4, 0.5) is 5.69 Å². The molecule has 1 aliphatic carbocycles. The average molecular weight is 349 g/mol. The van der Waals surface area contributed by atoms with Gasteiger partial charge in [-0.25, -0.2) is 0 Å². The lowest BCUT2D eigenvalue weighted by Gasteiger charge is -2.07. The molecular formula is C20H19N3O3. The van der Waals surface area contributed by atoms with Crippen LogP contribution in [0.2, 0.25) is 0 Å². The first-order valence-corrected chi connectivity index (χ1v) is 8.58. The van der Waals surface area contributed by atoms with E-state index in [9.17, 15) is 4.79 Å². The average Bonchev–Trinajstić information content (AvgIpc) is 3.39. The Kier molecular flexibility index (Phi) is 4.39. The molecule has 1 heterocycles. The molecule has 0 atom stereocenters. The van der Waals surface area contributed by atoms with Gasteiger partial charge in [-0.3, -0.25) is 4.79 Å². The fraction of sp³-hybridized carbons (Fsp3) is 0.250. The number of nitrogens with zero attached hydrogens (tertiary/aromatic N) is 2. The standard InChI is InChI=1S/C20H19N3O3/c1-25-17-7-2-4-13(10-17)11-18(24)21-16-6-3-5-15(12-16)19-22-20(26-23-19)14-8-9-14/h2-7,10,12,14H,8-9,11H2,1H3,(H,21,24). The normalized spacial score (nSPS) is 13.4. The van der Waals surface area contributed by atoms with Crippen LogP contribution in [0.3, 0.4) is 0 Å². The van der Waals surface area contributed by atoms with E-state index in [1.807, 2.05) is 48.5 Å². The molecule has 0 spiro atoms. The number of hydrogen-bond donors (Lipinski definition) is 1. The number of ether oxygens (including phenoxy) is 1. The molecule has 6 nitrogen and oxygen atoms in total. The van der Waals surface area contributed by atoms with Crippen LogP contribution in [0.5, 0.6) is 5.75 Å². The number of methoxy groups -OCH3 is 1. The van der Waals surface area contributed by atoms with Gasteiger partial charge < -0.3 is 14.6 Å². The van der Waals surface area contributed by atoms with Gasteiger partial charge in [-0.2, -0.15) is 4.98 Å². The van der Waals surface area contributed by atoms with Crippen LogP contribution in [0.15, 0.2) is 53.1 Å². The van der Waals surface area contributed by atoms with Crippen molar-refractivity contribution < 1.29 is 14.1 Å². The van der Waals surface area contributed by atoms with Crippen molar-refractivity contribution >= 4 is 11.6 Å². The highest BCUT2D eigenvalue weighted by Crippen LogP contribution is 2.39. The summed E-state index contributed by atoms with van der Waals surface area (Å²) in [6, 6.07) is 14.9. The molecule has 0 bridgehead atoms. The zero-order valence-electron chi connectivity index (χ0n) is 14.4. The summed E-state index contributed by atoms with van der Waals surface area (Å²) in [6.07, 6.45) is 2.50. The highest BCUT2D eigenvalue weighted by atomic mass is 16.5. The first-order valence-electron chi connectivity index (χ1n) is 8.58. The Morgan fingerprint density at radius 2 is 2.08 bits per heavy atom. The molecule has 0 saturated heterocycles. The zero-order chi connectivity index (χ0) is 17.9. The Morgan fingerprint density at radius 1 is 1.23 bits per heavy atom. The highest BCUT2D eigenvalue weighted by Gasteiger charge is 2.29. The maximum atomic E-state index is 12.3. The number of anilines is 1. The van der Waals surface area contributed by atoms with Gasteiger partial charge >= 0.3 is 0 Å². The predicted octanol–water partition coefficient (Wildman–Crippen LogP) is 3.80. The number of amides is 1. The van der Waals surface area contributed by atoms with E-state index in [0.717, 1.165) is 29.7 Å². The lowest BCUT2D eigenvalue weighted by Crippen LogP contribution is -2.14. The third-order valence-electron chi connectivity index (χ3n) is 4.27. The Hall–Kier alpha value is -3.15. The molecule has 1 aliphatic rings. The second-order valence-corrected chi connectivity index (χ2v) is 6.39. The number of aromatic nitrogens is 2. The molecule has 0 aliphatic heterocycles. The number of benzene rings is 2. The minimum absolute atomic E-state index is 0.0952. The fourth-order valence-corrected chi connectivity index (χ4v) is 2.76. The van der Waals surface area contributed by atoms with E-state index in [-0.39, 0.29) is 12.3 Å². The predicted molar refractivity (Wildman–Crippen MR) is 97.0 cm³/mol. The summed E-state index contributed by atoms with van der Waals surface area (Å²) in [5, 5.41) is 6.96. The second-order valence-electron chi connectivity index (χ2n) is 6.39. The van der Waals surface area contributed by atoms with Crippen molar-refractivity contribution in [2.75, 3.05) is 12.4 Å². The van der Waals surface area contributed by atoms with Gasteiger partial charge in [0.05, 0.1) is 13.5 Å². The molecular weight excluding hydrogens is 330 g/mol. The summed E-state index contributed by atoms with van der Waals surface area (Å²) in [6.45, 7) is 0. The van der Waals surface area contributed by atoms with Gasteiger partial charge in [0.15, 0.2) is 0 Å². The van der Waals surface area contributed by atoms with E-state index in [4.69, 9.17) is 9.26 Å². The molecule has 1 saturated carbocycles. The van der Waals surface area contributed by atoms with Crippen molar-refractivity contribution in [3.05, 3.63) is 60.0 Å². The Bertz CT molecular complexity index is 931. The molecule has 0 unspecified atom stereocenters. The molecule has 1 amide bonds. The molecule has 2 aromatic carbocycles. The van der Waals surface area contributed by atoms with Gasteiger partial charge in [0.2, 0.25) is 17.6 Å². The number of hydrogen-bond acceptors (Lipinski definition) is 5. The Labute approximate surface area is 151 Å². The highest BCUT2D eigenvalue weighted by molar-refractivity contribution is 5.92. The van der Waals surface area contributed by atoms with Crippen LogP contribution in [-0.4, -0.2) is 23.2 Å². The summed E-state index contributed by atoms with van der Waals surface area (Å²) in [5.74, 6) is 2.31. The third-order valence-corrected chi connectivity index (χ3v) is 4.27. The first kappa shape index (κ1) is 16.3. The summed E-state index contributed by atoms with van der Waals surface area (Å²) in [5.41, 5.74) is 2.42. The zero-order valence-corrected chi connectivity index (χ0v) is 14.4. The SMILES string of the molecule is COc1cccc(CC(=O)Nc2cccc(-c3noc(C4CC4)n3)c2)c1. The van der Waals surface area contributed by atoms with Gasteiger partial charge in [0, 0.05) is 17.2 Å². The van der Waals surface area contributed by atoms with E-state index in [1.165, 1.54) is 0 Å². The maximum absolute atomic E-state index is 12.3. The maximum Gasteiger partial charge on any atom is 0.230 e. The van der Waals surface area contributed by atoms with Crippen molar-refractivity contribution in [1.82, 2.24) is 10.1 Å². The van der Waals surface area contributed by atoms with Gasteiger partial charge in [-0.05, 0) is 42.7 Å². The summed E-state index contributed by atoms with van der Waals surface area (Å²) < 4.78 is 10.5. The van der Waals surface area contributed by atoms with Crippen molar-refractivity contribution in [3.63, 3.8) is 0 Å². The van der Waals surface area contributed by atoms with Crippen molar-refractivity contribution in [3.8, 4) is 17.1 Å². The number of carbonyl (C=O) groups is 1. The van der Waals surface area contributed by atoms with Crippen LogP contribution >= 0.6 is 0 Å². The molecule has 26 heavy (non-hydrogen) atoms. The minimum atomic E-state index is -0.0952. The lowest BCUT2D eigenvalue weighted by atomic mass is 10.1. The molecule has 1 fully saturated rings. The molecule has 132 valence electrons. The monoisotopic (exact) mass is 349 g/mol. The van der Waals surface area contributed by atoms with E-state index >= 15 is 0 Å². The van der Waals surface area contributed by atoms with Gasteiger partial charge in [0.1, 0.15) is 5.75 Å². The number of nitrogens with one attached hydrogen (secondary N) is 1. The van der Waals surface area contributed by atoms with E-state index in [1.54, 1.807) is 7.11 Å². The minimum Gasteiger partial charge on any atom is -0.497 e. The molecule has 1 N–H and O–H groups in total. The topological polar surface area (TPSA) is 77.2 Å². The molecule has 3 aromatic rings. The van der Waals surface area contributed by atoms with E-state index in [2.05, 4.69) is 15.5 Å². The Balaban J connectivity index is 1.44. The molecule has 6 heteroatoms. The quantitative estimate of drug-likeness (QED) is 0.732. The van der Waals surface area contributed by atoms with Crippen LogP contribution in [0.25, 0.3) is 11.4 Å². The van der Waals surface area contributed by atoms with Crippen molar-refractivity contribution in [2.24, 2.45) is 0 Å². The lowest BCUT2D eigenvalue weighted by molar-refractivity contribution is -0.115. The fourth-order valence-electron chi connectivity index (χ4n) is 2.76. The summed E-state index contributed by atoms with van der Waals surface area (Å²) in [4.78, 5) is 16.8. The molecule has 4 rings (SSSR count). The van der Waals surface area contributed by atoms with Crippen LogP contribution in [0.1, 0.15) is 30.2 Å².